The standard InChI is InChI=1S/C17H21FN4/c1-4-14(18)16-19-9-20-17(22-16)21-15-11(3)8-12-6-5-10(2)7-13(12)15/h5-7,9,11,14-15H,4,8H2,1-3H3,(H,19,20,21,22). The van der Waals surface area contributed by atoms with Crippen LogP contribution >= 0.6 is 0 Å². The Morgan fingerprint density at radius 2 is 2.18 bits per heavy atom. The van der Waals surface area contributed by atoms with Crippen LogP contribution in [0.1, 0.15) is 55.0 Å². The number of nitrogens with one attached hydrogen (secondary N) is 1. The van der Waals surface area contributed by atoms with Crippen LogP contribution < -0.4 is 5.32 Å². The Morgan fingerprint density at radius 1 is 1.36 bits per heavy atom. The van der Waals surface area contributed by atoms with Crippen LogP contribution in [0.2, 0.25) is 0 Å². The van der Waals surface area contributed by atoms with Crippen molar-refractivity contribution in [1.29, 1.82) is 0 Å². The molecule has 0 bridgehead atoms. The van der Waals surface area contributed by atoms with Crippen LogP contribution in [-0.2, 0) is 6.42 Å². The fourth-order valence-corrected chi connectivity index (χ4v) is 3.03. The summed E-state index contributed by atoms with van der Waals surface area (Å²) in [5, 5.41) is 3.36. The lowest BCUT2D eigenvalue weighted by Gasteiger charge is -2.19. The van der Waals surface area contributed by atoms with Gasteiger partial charge in [0.05, 0.1) is 6.04 Å². The summed E-state index contributed by atoms with van der Waals surface area (Å²) in [5.41, 5.74) is 3.90. The van der Waals surface area contributed by atoms with Crippen LogP contribution in [0, 0.1) is 12.8 Å². The average Bonchev–Trinajstić information content (AvgIpc) is 2.82. The van der Waals surface area contributed by atoms with Gasteiger partial charge in [-0.15, -0.1) is 0 Å². The molecule has 116 valence electrons. The molecule has 0 spiro atoms. The largest absolute Gasteiger partial charge is 0.347 e. The van der Waals surface area contributed by atoms with Crippen molar-refractivity contribution in [2.24, 2.45) is 5.92 Å². The molecule has 4 nitrogen and oxygen atoms in total. The van der Waals surface area contributed by atoms with Crippen LogP contribution in [0.15, 0.2) is 24.5 Å². The minimum atomic E-state index is -1.14. The molecule has 3 atom stereocenters. The van der Waals surface area contributed by atoms with E-state index in [1.807, 2.05) is 0 Å². The first kappa shape index (κ1) is 14.9. The van der Waals surface area contributed by atoms with E-state index < -0.39 is 6.17 Å². The maximum Gasteiger partial charge on any atom is 0.226 e. The van der Waals surface area contributed by atoms with Crippen molar-refractivity contribution < 1.29 is 4.39 Å². The number of aromatic nitrogens is 3. The summed E-state index contributed by atoms with van der Waals surface area (Å²) < 4.78 is 13.7. The van der Waals surface area contributed by atoms with Gasteiger partial charge in [0.2, 0.25) is 5.95 Å². The molecule has 3 rings (SSSR count). The van der Waals surface area contributed by atoms with Gasteiger partial charge in [0.25, 0.3) is 0 Å². The highest BCUT2D eigenvalue weighted by atomic mass is 19.1. The fraction of sp³-hybridized carbons (Fsp3) is 0.471. The summed E-state index contributed by atoms with van der Waals surface area (Å²) >= 11 is 0. The van der Waals surface area contributed by atoms with Crippen molar-refractivity contribution in [1.82, 2.24) is 15.0 Å². The number of fused-ring (bicyclic) bond motifs is 1. The molecule has 1 N–H and O–H groups in total. The number of hydrogen-bond donors (Lipinski definition) is 1. The van der Waals surface area contributed by atoms with Crippen LogP contribution in [0.5, 0.6) is 0 Å². The molecule has 5 heteroatoms. The van der Waals surface area contributed by atoms with Gasteiger partial charge in [-0.3, -0.25) is 0 Å². The Hall–Kier alpha value is -2.04. The summed E-state index contributed by atoms with van der Waals surface area (Å²) in [6.45, 7) is 6.08. The topological polar surface area (TPSA) is 50.7 Å². The zero-order valence-corrected chi connectivity index (χ0v) is 13.2. The number of rotatable bonds is 4. The minimum Gasteiger partial charge on any atom is -0.347 e. The van der Waals surface area contributed by atoms with Crippen molar-refractivity contribution in [3.8, 4) is 0 Å². The lowest BCUT2D eigenvalue weighted by Crippen LogP contribution is -2.17. The summed E-state index contributed by atoms with van der Waals surface area (Å²) in [6, 6.07) is 6.70. The van der Waals surface area contributed by atoms with Crippen molar-refractivity contribution in [2.45, 2.75) is 45.8 Å². The third-order valence-corrected chi connectivity index (χ3v) is 4.26. The summed E-state index contributed by atoms with van der Waals surface area (Å²) in [7, 11) is 0. The van der Waals surface area contributed by atoms with Gasteiger partial charge in [-0.05, 0) is 36.8 Å². The van der Waals surface area contributed by atoms with Gasteiger partial charge in [-0.25, -0.2) is 14.4 Å². The highest BCUT2D eigenvalue weighted by molar-refractivity contribution is 5.43. The number of hydrogen-bond acceptors (Lipinski definition) is 4. The van der Waals surface area contributed by atoms with E-state index in [2.05, 4.69) is 52.3 Å². The van der Waals surface area contributed by atoms with Gasteiger partial charge in [0.1, 0.15) is 6.33 Å². The molecule has 3 unspecified atom stereocenters. The zero-order valence-electron chi connectivity index (χ0n) is 13.2. The Balaban J connectivity index is 1.86. The zero-order chi connectivity index (χ0) is 15.7. The smallest absolute Gasteiger partial charge is 0.226 e. The molecular weight excluding hydrogens is 279 g/mol. The molecule has 0 radical (unpaired) electrons. The summed E-state index contributed by atoms with van der Waals surface area (Å²) in [6.07, 6.45) is 1.64. The van der Waals surface area contributed by atoms with Crippen molar-refractivity contribution in [3.05, 3.63) is 47.0 Å². The molecular formula is C17H21FN4. The highest BCUT2D eigenvalue weighted by Crippen LogP contribution is 2.38. The minimum absolute atomic E-state index is 0.157. The van der Waals surface area contributed by atoms with E-state index in [1.165, 1.54) is 23.0 Å². The quantitative estimate of drug-likeness (QED) is 0.929. The second-order valence-corrected chi connectivity index (χ2v) is 6.05. The van der Waals surface area contributed by atoms with E-state index in [-0.39, 0.29) is 11.9 Å². The molecule has 1 aromatic carbocycles. The van der Waals surface area contributed by atoms with Gasteiger partial charge in [-0.1, -0.05) is 37.6 Å². The molecule has 1 aliphatic rings. The number of halogens is 1. The number of anilines is 1. The third-order valence-electron chi connectivity index (χ3n) is 4.26. The van der Waals surface area contributed by atoms with Crippen molar-refractivity contribution in [3.63, 3.8) is 0 Å². The number of nitrogens with zero attached hydrogens (tertiary/aromatic N) is 3. The maximum absolute atomic E-state index is 13.7. The number of aryl methyl sites for hydroxylation is 1. The van der Waals surface area contributed by atoms with Crippen LogP contribution in [0.25, 0.3) is 0 Å². The Bertz CT molecular complexity index is 673. The van der Waals surface area contributed by atoms with Gasteiger partial charge < -0.3 is 5.32 Å². The Kier molecular flexibility index (Phi) is 4.05. The van der Waals surface area contributed by atoms with Crippen LogP contribution in [0.3, 0.4) is 0 Å². The highest BCUT2D eigenvalue weighted by Gasteiger charge is 2.30. The maximum atomic E-state index is 13.7. The van der Waals surface area contributed by atoms with E-state index >= 15 is 0 Å². The van der Waals surface area contributed by atoms with Crippen LogP contribution in [0.4, 0.5) is 10.3 Å². The second-order valence-electron chi connectivity index (χ2n) is 6.05. The SMILES string of the molecule is CCC(F)c1ncnc(NC2c3cc(C)ccc3CC2C)n1. The molecule has 22 heavy (non-hydrogen) atoms. The van der Waals surface area contributed by atoms with E-state index in [9.17, 15) is 4.39 Å². The Labute approximate surface area is 130 Å². The number of benzene rings is 1. The predicted molar refractivity (Wildman–Crippen MR) is 84.4 cm³/mol. The van der Waals surface area contributed by atoms with Gasteiger partial charge in [0, 0.05) is 0 Å². The van der Waals surface area contributed by atoms with Gasteiger partial charge in [0.15, 0.2) is 12.0 Å². The molecule has 1 heterocycles. The Morgan fingerprint density at radius 3 is 2.95 bits per heavy atom. The van der Waals surface area contributed by atoms with Gasteiger partial charge >= 0.3 is 0 Å². The van der Waals surface area contributed by atoms with Crippen molar-refractivity contribution >= 4 is 5.95 Å². The van der Waals surface area contributed by atoms with E-state index in [0.717, 1.165) is 6.42 Å². The molecule has 0 saturated heterocycles. The second kappa shape index (κ2) is 5.99. The predicted octanol–water partition coefficient (Wildman–Crippen LogP) is 3.95. The summed E-state index contributed by atoms with van der Waals surface area (Å²) in [5.74, 6) is 1.10. The van der Waals surface area contributed by atoms with E-state index in [0.29, 0.717) is 18.3 Å². The molecule has 2 aromatic rings. The van der Waals surface area contributed by atoms with E-state index in [1.54, 1.807) is 6.92 Å². The van der Waals surface area contributed by atoms with E-state index in [4.69, 9.17) is 0 Å². The lowest BCUT2D eigenvalue weighted by molar-refractivity contribution is 0.317. The van der Waals surface area contributed by atoms with Gasteiger partial charge in [-0.2, -0.15) is 4.98 Å². The number of alkyl halides is 1. The summed E-state index contributed by atoms with van der Waals surface area (Å²) in [4.78, 5) is 12.3. The first-order valence-corrected chi connectivity index (χ1v) is 7.77. The molecule has 1 aromatic heterocycles. The molecule has 0 fully saturated rings. The molecule has 1 aliphatic carbocycles. The molecule has 0 aliphatic heterocycles. The molecule has 0 amide bonds. The first-order valence-electron chi connectivity index (χ1n) is 7.77. The van der Waals surface area contributed by atoms with Crippen molar-refractivity contribution in [2.75, 3.05) is 5.32 Å². The average molecular weight is 300 g/mol. The van der Waals surface area contributed by atoms with Crippen LogP contribution in [-0.4, -0.2) is 15.0 Å². The normalized spacial score (nSPS) is 21.5. The monoisotopic (exact) mass is 300 g/mol. The molecule has 0 saturated carbocycles. The third kappa shape index (κ3) is 2.80. The first-order chi connectivity index (χ1) is 10.6. The fourth-order valence-electron chi connectivity index (χ4n) is 3.03. The lowest BCUT2D eigenvalue weighted by atomic mass is 10.0.